The molecule has 2 heterocycles. The number of benzene rings is 2. The van der Waals surface area contributed by atoms with Gasteiger partial charge in [-0.1, -0.05) is 5.16 Å². The van der Waals surface area contributed by atoms with E-state index in [2.05, 4.69) is 14.7 Å². The Morgan fingerprint density at radius 2 is 1.81 bits per heavy atom. The smallest absolute Gasteiger partial charge is 0.378 e. The van der Waals surface area contributed by atoms with Gasteiger partial charge in [-0.2, -0.15) is 18.2 Å². The molecule has 32 heavy (non-hydrogen) atoms. The Labute approximate surface area is 187 Å². The maximum Gasteiger partial charge on any atom is 0.471 e. The Bertz CT molecular complexity index is 1080. The minimum absolute atomic E-state index is 0.0197. The SMILES string of the molecule is CN(C)c1ccc(C(=O)N2CCC(Sc3ccc(-c4noc(C(F)(F)F)n4)cc3)C2)cc1. The lowest BCUT2D eigenvalue weighted by molar-refractivity contribution is -0.159. The number of alkyl halides is 3. The van der Waals surface area contributed by atoms with Crippen LogP contribution in [-0.2, 0) is 6.18 Å². The zero-order valence-electron chi connectivity index (χ0n) is 17.5. The van der Waals surface area contributed by atoms with Gasteiger partial charge >= 0.3 is 12.1 Å². The third kappa shape index (κ3) is 4.90. The van der Waals surface area contributed by atoms with Gasteiger partial charge in [0.2, 0.25) is 5.82 Å². The molecule has 0 radical (unpaired) electrons. The van der Waals surface area contributed by atoms with Gasteiger partial charge in [-0.05, 0) is 55.0 Å². The standard InChI is InChI=1S/C22H21F3N4O2S/c1-28(2)16-7-3-15(4-8-16)20(30)29-12-11-18(13-29)32-17-9-5-14(6-10-17)19-26-21(31-27-19)22(23,24)25/h3-10,18H,11-13H2,1-2H3. The fraction of sp³-hybridized carbons (Fsp3) is 0.318. The number of thioether (sulfide) groups is 1. The Hall–Kier alpha value is -3.01. The first-order valence-corrected chi connectivity index (χ1v) is 10.8. The summed E-state index contributed by atoms with van der Waals surface area (Å²) < 4.78 is 42.2. The van der Waals surface area contributed by atoms with Crippen LogP contribution < -0.4 is 4.90 Å². The number of nitrogens with zero attached hydrogens (tertiary/aromatic N) is 4. The highest BCUT2D eigenvalue weighted by atomic mass is 32.2. The summed E-state index contributed by atoms with van der Waals surface area (Å²) in [5, 5.41) is 3.64. The largest absolute Gasteiger partial charge is 0.471 e. The Morgan fingerprint density at radius 3 is 2.41 bits per heavy atom. The van der Waals surface area contributed by atoms with Crippen molar-refractivity contribution in [2.45, 2.75) is 22.7 Å². The van der Waals surface area contributed by atoms with Crippen molar-refractivity contribution < 1.29 is 22.5 Å². The van der Waals surface area contributed by atoms with Crippen molar-refractivity contribution in [1.29, 1.82) is 0 Å². The summed E-state index contributed by atoms with van der Waals surface area (Å²) in [6, 6.07) is 14.5. The quantitative estimate of drug-likeness (QED) is 0.541. The van der Waals surface area contributed by atoms with Crippen LogP contribution in [0, 0.1) is 0 Å². The summed E-state index contributed by atoms with van der Waals surface area (Å²) in [7, 11) is 3.90. The molecule has 1 saturated heterocycles. The lowest BCUT2D eigenvalue weighted by Gasteiger charge is -2.18. The second-order valence-electron chi connectivity index (χ2n) is 7.67. The molecule has 2 aromatic carbocycles. The highest BCUT2D eigenvalue weighted by Crippen LogP contribution is 2.33. The van der Waals surface area contributed by atoms with Gasteiger partial charge in [0.15, 0.2) is 0 Å². The molecule has 1 amide bonds. The molecule has 1 atom stereocenters. The van der Waals surface area contributed by atoms with E-state index in [1.54, 1.807) is 23.9 Å². The number of halogens is 3. The van der Waals surface area contributed by atoms with Crippen LogP contribution in [0.4, 0.5) is 18.9 Å². The Morgan fingerprint density at radius 1 is 1.12 bits per heavy atom. The van der Waals surface area contributed by atoms with Crippen LogP contribution in [0.2, 0.25) is 0 Å². The summed E-state index contributed by atoms with van der Waals surface area (Å²) in [6.45, 7) is 1.33. The molecule has 1 unspecified atom stereocenters. The van der Waals surface area contributed by atoms with Crippen molar-refractivity contribution in [1.82, 2.24) is 15.0 Å². The third-order valence-electron chi connectivity index (χ3n) is 5.15. The fourth-order valence-electron chi connectivity index (χ4n) is 3.42. The monoisotopic (exact) mass is 462 g/mol. The first-order chi connectivity index (χ1) is 15.2. The van der Waals surface area contributed by atoms with Gasteiger partial charge in [0.1, 0.15) is 0 Å². The van der Waals surface area contributed by atoms with Crippen LogP contribution in [-0.4, -0.2) is 53.4 Å². The topological polar surface area (TPSA) is 62.5 Å². The maximum absolute atomic E-state index is 12.8. The maximum atomic E-state index is 12.8. The van der Waals surface area contributed by atoms with E-state index in [1.165, 1.54) is 0 Å². The van der Waals surface area contributed by atoms with Crippen LogP contribution >= 0.6 is 11.8 Å². The van der Waals surface area contributed by atoms with E-state index in [0.29, 0.717) is 24.2 Å². The van der Waals surface area contributed by atoms with Crippen molar-refractivity contribution in [3.8, 4) is 11.4 Å². The first-order valence-electron chi connectivity index (χ1n) is 9.95. The second kappa shape index (κ2) is 8.85. The minimum atomic E-state index is -4.67. The average molecular weight is 462 g/mol. The highest BCUT2D eigenvalue weighted by Gasteiger charge is 2.38. The molecule has 6 nitrogen and oxygen atoms in total. The number of carbonyl (C=O) groups excluding carboxylic acids is 1. The van der Waals surface area contributed by atoms with E-state index in [4.69, 9.17) is 0 Å². The van der Waals surface area contributed by atoms with Crippen LogP contribution in [0.15, 0.2) is 57.9 Å². The molecular formula is C22H21F3N4O2S. The van der Waals surface area contributed by atoms with E-state index >= 15 is 0 Å². The van der Waals surface area contributed by atoms with E-state index in [1.807, 2.05) is 60.3 Å². The Kier molecular flexibility index (Phi) is 6.14. The van der Waals surface area contributed by atoms with Gasteiger partial charge in [-0.15, -0.1) is 11.8 Å². The summed E-state index contributed by atoms with van der Waals surface area (Å²) >= 11 is 1.64. The van der Waals surface area contributed by atoms with E-state index in [9.17, 15) is 18.0 Å². The molecule has 3 aromatic rings. The molecule has 10 heteroatoms. The van der Waals surface area contributed by atoms with Gasteiger partial charge in [-0.25, -0.2) is 0 Å². The summed E-state index contributed by atoms with van der Waals surface area (Å²) in [4.78, 5) is 21.0. The molecule has 1 aliphatic heterocycles. The lowest BCUT2D eigenvalue weighted by Crippen LogP contribution is -2.29. The number of hydrogen-bond acceptors (Lipinski definition) is 6. The predicted octanol–water partition coefficient (Wildman–Crippen LogP) is 4.83. The average Bonchev–Trinajstić information content (AvgIpc) is 3.44. The van der Waals surface area contributed by atoms with Gasteiger partial charge in [-0.3, -0.25) is 4.79 Å². The normalized spacial score (nSPS) is 16.4. The molecule has 4 rings (SSSR count). The van der Waals surface area contributed by atoms with Crippen molar-refractivity contribution >= 4 is 23.4 Å². The van der Waals surface area contributed by atoms with Crippen molar-refractivity contribution in [3.05, 3.63) is 60.0 Å². The van der Waals surface area contributed by atoms with E-state index in [0.717, 1.165) is 17.0 Å². The molecule has 1 aliphatic rings. The molecule has 0 N–H and O–H groups in total. The van der Waals surface area contributed by atoms with Gasteiger partial charge < -0.3 is 14.3 Å². The fourth-order valence-corrected chi connectivity index (χ4v) is 4.58. The van der Waals surface area contributed by atoms with Crippen molar-refractivity contribution in [2.75, 3.05) is 32.1 Å². The number of aromatic nitrogens is 2. The molecule has 1 aromatic heterocycles. The molecule has 0 spiro atoms. The van der Waals surface area contributed by atoms with Gasteiger partial charge in [0.05, 0.1) is 0 Å². The van der Waals surface area contributed by atoms with Crippen molar-refractivity contribution in [3.63, 3.8) is 0 Å². The zero-order chi connectivity index (χ0) is 22.9. The lowest BCUT2D eigenvalue weighted by atomic mass is 10.2. The van der Waals surface area contributed by atoms with Crippen LogP contribution in [0.1, 0.15) is 22.7 Å². The number of amides is 1. The third-order valence-corrected chi connectivity index (χ3v) is 6.41. The van der Waals surface area contributed by atoms with Gasteiger partial charge in [0, 0.05) is 54.1 Å². The first kappa shape index (κ1) is 22.2. The second-order valence-corrected chi connectivity index (χ2v) is 9.04. The van der Waals surface area contributed by atoms with E-state index < -0.39 is 12.1 Å². The number of likely N-dealkylation sites (tertiary alicyclic amines) is 1. The minimum Gasteiger partial charge on any atom is -0.378 e. The molecule has 0 aliphatic carbocycles. The molecule has 168 valence electrons. The molecular weight excluding hydrogens is 441 g/mol. The summed E-state index contributed by atoms with van der Waals surface area (Å²) in [5.41, 5.74) is 2.15. The number of rotatable bonds is 5. The number of anilines is 1. The van der Waals surface area contributed by atoms with Crippen molar-refractivity contribution in [2.24, 2.45) is 0 Å². The van der Waals surface area contributed by atoms with Crippen LogP contribution in [0.3, 0.4) is 0 Å². The zero-order valence-corrected chi connectivity index (χ0v) is 18.3. The predicted molar refractivity (Wildman–Crippen MR) is 116 cm³/mol. The molecule has 1 fully saturated rings. The molecule has 0 saturated carbocycles. The highest BCUT2D eigenvalue weighted by molar-refractivity contribution is 8.00. The Balaban J connectivity index is 1.35. The number of carbonyl (C=O) groups is 1. The number of hydrogen-bond donors (Lipinski definition) is 0. The molecule has 0 bridgehead atoms. The van der Waals surface area contributed by atoms with Crippen LogP contribution in [0.25, 0.3) is 11.4 Å². The van der Waals surface area contributed by atoms with E-state index in [-0.39, 0.29) is 17.0 Å². The summed E-state index contributed by atoms with van der Waals surface area (Å²) in [6.07, 6.45) is -3.80. The van der Waals surface area contributed by atoms with Crippen LogP contribution in [0.5, 0.6) is 0 Å². The van der Waals surface area contributed by atoms with Gasteiger partial charge in [0.25, 0.3) is 5.91 Å². The summed E-state index contributed by atoms with van der Waals surface area (Å²) in [5.74, 6) is -1.45.